The van der Waals surface area contributed by atoms with Gasteiger partial charge in [0.25, 0.3) is 0 Å². The molecule has 0 aromatic carbocycles. The minimum Gasteiger partial charge on any atom is -0.481 e. The summed E-state index contributed by atoms with van der Waals surface area (Å²) < 4.78 is 10.3. The molecule has 0 aliphatic rings. The van der Waals surface area contributed by atoms with E-state index >= 15 is 0 Å². The topological polar surface area (TPSA) is 138 Å². The summed E-state index contributed by atoms with van der Waals surface area (Å²) in [5.41, 5.74) is 0. The molecular weight excluding hydrogens is 308 g/mol. The molecule has 0 unspecified atom stereocenters. The van der Waals surface area contributed by atoms with Crippen LogP contribution >= 0.6 is 0 Å². The smallest absolute Gasteiger partial charge is 0.312 e. The van der Waals surface area contributed by atoms with Crippen LogP contribution in [0.5, 0.6) is 0 Å². The van der Waals surface area contributed by atoms with Gasteiger partial charge in [0.05, 0.1) is 19.8 Å². The molecule has 10 nitrogen and oxygen atoms in total. The first-order valence-electron chi connectivity index (χ1n) is 7.32. The number of hydrogen-bond donors (Lipinski definition) is 5. The summed E-state index contributed by atoms with van der Waals surface area (Å²) in [6.45, 7) is 2.97. The molecule has 0 aromatic heterocycles. The molecule has 0 rings (SSSR count). The molecule has 0 saturated carbocycles. The van der Waals surface area contributed by atoms with E-state index in [1.807, 2.05) is 7.05 Å². The molecule has 2 amide bonds. The summed E-state index contributed by atoms with van der Waals surface area (Å²) in [5.74, 6) is -2.06. The SMILES string of the molecule is CNCNCCOCCNC(=O)COCCNC(=O)CC(=O)O. The molecule has 134 valence electrons. The second-order valence-electron chi connectivity index (χ2n) is 4.47. The maximum absolute atomic E-state index is 11.4. The van der Waals surface area contributed by atoms with E-state index in [0.29, 0.717) is 26.4 Å². The standard InChI is InChI=1S/C13H26N4O6/c1-14-10-15-2-5-22-6-3-17-12(19)9-23-7-4-16-11(18)8-13(20)21/h14-15H,2-10H2,1H3,(H,16,18)(H,17,19)(H,20,21). The zero-order valence-electron chi connectivity index (χ0n) is 13.4. The van der Waals surface area contributed by atoms with E-state index in [4.69, 9.17) is 14.6 Å². The van der Waals surface area contributed by atoms with Crippen molar-refractivity contribution in [2.45, 2.75) is 6.42 Å². The Morgan fingerprint density at radius 1 is 0.913 bits per heavy atom. The summed E-state index contributed by atoms with van der Waals surface area (Å²) in [6, 6.07) is 0. The molecule has 0 bridgehead atoms. The van der Waals surface area contributed by atoms with Crippen molar-refractivity contribution in [2.75, 3.05) is 59.8 Å². The number of nitrogens with one attached hydrogen (secondary N) is 4. The first-order chi connectivity index (χ1) is 11.1. The van der Waals surface area contributed by atoms with Crippen molar-refractivity contribution in [1.29, 1.82) is 0 Å². The first kappa shape index (κ1) is 21.2. The van der Waals surface area contributed by atoms with Gasteiger partial charge in [-0.1, -0.05) is 0 Å². The maximum atomic E-state index is 11.4. The minimum absolute atomic E-state index is 0.126. The number of aliphatic carboxylic acids is 1. The Kier molecular flexibility index (Phi) is 14.0. The van der Waals surface area contributed by atoms with E-state index in [1.54, 1.807) is 0 Å². The van der Waals surface area contributed by atoms with E-state index in [0.717, 1.165) is 6.54 Å². The Hall–Kier alpha value is -1.75. The number of hydrogen-bond acceptors (Lipinski definition) is 7. The Morgan fingerprint density at radius 2 is 1.52 bits per heavy atom. The lowest BCUT2D eigenvalue weighted by Crippen LogP contribution is -2.33. The fourth-order valence-electron chi connectivity index (χ4n) is 1.40. The lowest BCUT2D eigenvalue weighted by atomic mass is 10.4. The van der Waals surface area contributed by atoms with E-state index < -0.39 is 18.3 Å². The van der Waals surface area contributed by atoms with Crippen molar-refractivity contribution in [3.63, 3.8) is 0 Å². The van der Waals surface area contributed by atoms with E-state index in [9.17, 15) is 14.4 Å². The third-order valence-corrected chi connectivity index (χ3v) is 2.41. The largest absolute Gasteiger partial charge is 0.481 e. The third-order valence-electron chi connectivity index (χ3n) is 2.41. The van der Waals surface area contributed by atoms with Crippen LogP contribution in [0.4, 0.5) is 0 Å². The zero-order chi connectivity index (χ0) is 17.3. The fourth-order valence-corrected chi connectivity index (χ4v) is 1.40. The van der Waals surface area contributed by atoms with Gasteiger partial charge in [-0.2, -0.15) is 0 Å². The molecule has 10 heteroatoms. The molecule has 0 radical (unpaired) electrons. The van der Waals surface area contributed by atoms with Crippen LogP contribution in [0.25, 0.3) is 0 Å². The first-order valence-corrected chi connectivity index (χ1v) is 7.32. The van der Waals surface area contributed by atoms with Crippen molar-refractivity contribution in [2.24, 2.45) is 0 Å². The van der Waals surface area contributed by atoms with Gasteiger partial charge in [0.2, 0.25) is 11.8 Å². The molecule has 0 aromatic rings. The highest BCUT2D eigenvalue weighted by Gasteiger charge is 2.06. The highest BCUT2D eigenvalue weighted by atomic mass is 16.5. The van der Waals surface area contributed by atoms with Gasteiger partial charge < -0.3 is 35.8 Å². The number of carboxylic acids is 1. The van der Waals surface area contributed by atoms with Crippen molar-refractivity contribution >= 4 is 17.8 Å². The van der Waals surface area contributed by atoms with Crippen LogP contribution < -0.4 is 21.3 Å². The molecule has 23 heavy (non-hydrogen) atoms. The van der Waals surface area contributed by atoms with Crippen molar-refractivity contribution in [3.05, 3.63) is 0 Å². The summed E-state index contributed by atoms with van der Waals surface area (Å²) in [5, 5.41) is 19.4. The maximum Gasteiger partial charge on any atom is 0.312 e. The van der Waals surface area contributed by atoms with Crippen LogP contribution in [0.15, 0.2) is 0 Å². The Bertz CT molecular complexity index is 353. The van der Waals surface area contributed by atoms with Crippen LogP contribution in [0, 0.1) is 0 Å². The lowest BCUT2D eigenvalue weighted by molar-refractivity contribution is -0.140. The fraction of sp³-hybridized carbons (Fsp3) is 0.769. The Labute approximate surface area is 135 Å². The van der Waals surface area contributed by atoms with Gasteiger partial charge in [0.15, 0.2) is 0 Å². The second kappa shape index (κ2) is 15.2. The zero-order valence-corrected chi connectivity index (χ0v) is 13.4. The monoisotopic (exact) mass is 334 g/mol. The van der Waals surface area contributed by atoms with E-state index in [-0.39, 0.29) is 25.7 Å². The molecule has 0 fully saturated rings. The molecule has 0 aliphatic heterocycles. The predicted molar refractivity (Wildman–Crippen MR) is 81.8 cm³/mol. The van der Waals surface area contributed by atoms with Gasteiger partial charge in [-0.25, -0.2) is 0 Å². The minimum atomic E-state index is -1.19. The Morgan fingerprint density at radius 3 is 2.17 bits per heavy atom. The number of carboxylic acid groups (broad SMARTS) is 1. The van der Waals surface area contributed by atoms with E-state index in [2.05, 4.69) is 21.3 Å². The third kappa shape index (κ3) is 16.4. The predicted octanol–water partition coefficient (Wildman–Crippen LogP) is -2.51. The summed E-state index contributed by atoms with van der Waals surface area (Å²) >= 11 is 0. The highest BCUT2D eigenvalue weighted by molar-refractivity contribution is 5.93. The number of amides is 2. The van der Waals surface area contributed by atoms with Crippen molar-refractivity contribution in [3.8, 4) is 0 Å². The molecule has 5 N–H and O–H groups in total. The van der Waals surface area contributed by atoms with Crippen LogP contribution in [-0.2, 0) is 23.9 Å². The molecule has 0 saturated heterocycles. The molecule has 0 aliphatic carbocycles. The van der Waals surface area contributed by atoms with E-state index in [1.165, 1.54) is 0 Å². The van der Waals surface area contributed by atoms with Gasteiger partial charge in [0.1, 0.15) is 13.0 Å². The highest BCUT2D eigenvalue weighted by Crippen LogP contribution is 1.80. The summed E-state index contributed by atoms with van der Waals surface area (Å²) in [6.07, 6.45) is -0.578. The van der Waals surface area contributed by atoms with Crippen molar-refractivity contribution < 1.29 is 29.0 Å². The van der Waals surface area contributed by atoms with Gasteiger partial charge in [-0.15, -0.1) is 0 Å². The molecular formula is C13H26N4O6. The lowest BCUT2D eigenvalue weighted by Gasteiger charge is -2.08. The number of ether oxygens (including phenoxy) is 2. The molecule has 0 spiro atoms. The number of carbonyl (C=O) groups excluding carboxylic acids is 2. The van der Waals surface area contributed by atoms with Crippen molar-refractivity contribution in [1.82, 2.24) is 21.3 Å². The van der Waals surface area contributed by atoms with Gasteiger partial charge >= 0.3 is 5.97 Å². The quantitative estimate of drug-likeness (QED) is 0.126. The summed E-state index contributed by atoms with van der Waals surface area (Å²) in [7, 11) is 1.84. The van der Waals surface area contributed by atoms with Crippen LogP contribution in [-0.4, -0.2) is 82.7 Å². The Balaban J connectivity index is 3.31. The van der Waals surface area contributed by atoms with Gasteiger partial charge in [-0.05, 0) is 7.05 Å². The van der Waals surface area contributed by atoms with Gasteiger partial charge in [-0.3, -0.25) is 14.4 Å². The van der Waals surface area contributed by atoms with Gasteiger partial charge in [0, 0.05) is 26.3 Å². The number of carbonyl (C=O) groups is 3. The number of rotatable bonds is 15. The summed E-state index contributed by atoms with van der Waals surface area (Å²) in [4.78, 5) is 32.6. The average molecular weight is 334 g/mol. The second-order valence-corrected chi connectivity index (χ2v) is 4.47. The van der Waals surface area contributed by atoms with Crippen LogP contribution in [0.1, 0.15) is 6.42 Å². The molecule has 0 heterocycles. The van der Waals surface area contributed by atoms with Crippen LogP contribution in [0.3, 0.4) is 0 Å². The van der Waals surface area contributed by atoms with Crippen LogP contribution in [0.2, 0.25) is 0 Å². The average Bonchev–Trinajstić information content (AvgIpc) is 2.49. The molecule has 0 atom stereocenters. The normalized spacial score (nSPS) is 10.3.